The molecule has 2 aliphatic carbocycles. The first-order valence-electron chi connectivity index (χ1n) is 22.5. The third-order valence-electron chi connectivity index (χ3n) is 15.8. The van der Waals surface area contributed by atoms with Crippen LogP contribution in [0.3, 0.4) is 0 Å². The molecule has 1 saturated carbocycles. The fraction of sp³-hybridized carbons (Fsp3) is 0.490. The van der Waals surface area contributed by atoms with E-state index in [2.05, 4.69) is 83.1 Å². The Hall–Kier alpha value is -5.26. The zero-order valence-electron chi connectivity index (χ0n) is 37.1. The summed E-state index contributed by atoms with van der Waals surface area (Å²) >= 11 is 0. The van der Waals surface area contributed by atoms with E-state index in [4.69, 9.17) is 23.7 Å². The van der Waals surface area contributed by atoms with Crippen LogP contribution in [-0.4, -0.2) is 106 Å². The Morgan fingerprint density at radius 1 is 0.903 bits per heavy atom. The van der Waals surface area contributed by atoms with Crippen molar-refractivity contribution in [2.24, 2.45) is 23.7 Å². The highest BCUT2D eigenvalue weighted by Gasteiger charge is 2.59. The molecule has 6 heterocycles. The Morgan fingerprint density at radius 2 is 1.71 bits per heavy atom. The smallest absolute Gasteiger partial charge is 0.338 e. The molecular weight excluding hydrogens is 781 g/mol. The summed E-state index contributed by atoms with van der Waals surface area (Å²) in [6, 6.07) is 18.6. The number of nitrogens with one attached hydrogen (secondary N) is 2. The monoisotopic (exact) mass is 840 g/mol. The van der Waals surface area contributed by atoms with Gasteiger partial charge >= 0.3 is 11.9 Å². The van der Waals surface area contributed by atoms with E-state index in [0.717, 1.165) is 79.5 Å². The first kappa shape index (κ1) is 40.8. The van der Waals surface area contributed by atoms with Crippen molar-refractivity contribution in [1.29, 1.82) is 0 Å². The number of esters is 2. The van der Waals surface area contributed by atoms with Gasteiger partial charge in [0.2, 0.25) is 0 Å². The zero-order valence-corrected chi connectivity index (χ0v) is 37.1. The molecule has 3 saturated heterocycles. The molecule has 11 heteroatoms. The van der Waals surface area contributed by atoms with Crippen molar-refractivity contribution in [1.82, 2.24) is 19.8 Å². The molecule has 11 rings (SSSR count). The first-order valence-corrected chi connectivity index (χ1v) is 22.5. The largest absolute Gasteiger partial charge is 0.496 e. The summed E-state index contributed by atoms with van der Waals surface area (Å²) in [7, 11) is 8.61. The maximum absolute atomic E-state index is 14.0. The fourth-order valence-corrected chi connectivity index (χ4v) is 13.2. The number of rotatable bonds is 9. The van der Waals surface area contributed by atoms with Crippen molar-refractivity contribution < 1.29 is 33.3 Å². The minimum absolute atomic E-state index is 0.00660. The third kappa shape index (κ3) is 6.27. The van der Waals surface area contributed by atoms with Gasteiger partial charge in [-0.05, 0) is 111 Å². The van der Waals surface area contributed by atoms with Crippen LogP contribution in [0.25, 0.3) is 21.8 Å². The van der Waals surface area contributed by atoms with E-state index >= 15 is 0 Å². The number of benzene rings is 3. The number of aromatic amines is 2. The van der Waals surface area contributed by atoms with Gasteiger partial charge in [0.05, 0.1) is 45.3 Å². The van der Waals surface area contributed by atoms with Crippen LogP contribution in [-0.2, 0) is 32.5 Å². The van der Waals surface area contributed by atoms with Gasteiger partial charge in [-0.2, -0.15) is 0 Å². The molecule has 0 amide bonds. The minimum Gasteiger partial charge on any atom is -0.496 e. The summed E-state index contributed by atoms with van der Waals surface area (Å²) < 4.78 is 29.5. The Kier molecular flexibility index (Phi) is 10.4. The standard InChI is InChI=1S/C51H60N4O7/c1-8-29-18-28-24-51(27-62-49(56)31-14-15-42(58-4)44(19-31)60-6)47-33(16-17-55(25-28)48(29)51)35-23-43(59-5)36(21-40(35)53-47)37-20-34-30(9-2)26-54(3)41(45(34)50(57)61-7)22-38-32-12-10-11-13-39(32)52-46(37)38/h9-15,19,21,23,28-29,34,37,41,45,48,52-53H,8,16-18,20,22,24-27H2,1-7H3. The number of carbonyl (C=O) groups excluding carboxylic acids is 2. The SMILES string of the molecule is CC=C1CN(C)C2Cc3c([nH]c4ccccc34)C(c3cc4[nH]c5c(c4cc3OC)CCN3CC4CC(CC)C3C5(COC(=O)c3ccc(OC)c(OC)c3)C4)CC1C2C(=O)OC. The number of aromatic nitrogens is 2. The number of hydrogen-bond acceptors (Lipinski definition) is 9. The van der Waals surface area contributed by atoms with Crippen molar-refractivity contribution in [3.05, 3.63) is 99.9 Å². The van der Waals surface area contributed by atoms with Crippen LogP contribution in [0.5, 0.6) is 17.2 Å². The van der Waals surface area contributed by atoms with E-state index in [1.807, 2.05) is 0 Å². The molecule has 2 aromatic heterocycles. The molecule has 9 unspecified atom stereocenters. The summed E-state index contributed by atoms with van der Waals surface area (Å²) in [5.41, 5.74) is 9.47. The molecular formula is C51H60N4O7. The number of methoxy groups -OCH3 is 4. The first-order chi connectivity index (χ1) is 30.1. The van der Waals surface area contributed by atoms with Gasteiger partial charge in [-0.3, -0.25) is 14.6 Å². The van der Waals surface area contributed by atoms with Crippen molar-refractivity contribution in [3.63, 3.8) is 0 Å². The number of carbonyl (C=O) groups is 2. The number of piperidine rings is 3. The number of nitrogens with zero attached hydrogens (tertiary/aromatic N) is 2. The lowest BCUT2D eigenvalue weighted by molar-refractivity contribution is -0.151. The molecule has 0 spiro atoms. The average Bonchev–Trinajstić information content (AvgIpc) is 3.83. The van der Waals surface area contributed by atoms with E-state index in [0.29, 0.717) is 28.9 Å². The number of likely N-dealkylation sites (tertiary alicyclic amines) is 1. The summed E-state index contributed by atoms with van der Waals surface area (Å²) in [6.07, 6.45) is 7.77. The van der Waals surface area contributed by atoms with Crippen LogP contribution in [0.1, 0.15) is 83.9 Å². The van der Waals surface area contributed by atoms with E-state index < -0.39 is 5.41 Å². The van der Waals surface area contributed by atoms with Gasteiger partial charge in [0.15, 0.2) is 11.5 Å². The van der Waals surface area contributed by atoms with Gasteiger partial charge < -0.3 is 33.7 Å². The Labute approximate surface area is 364 Å². The van der Waals surface area contributed by atoms with E-state index in [9.17, 15) is 9.59 Å². The molecule has 2 N–H and O–H groups in total. The van der Waals surface area contributed by atoms with Crippen LogP contribution in [0.2, 0.25) is 0 Å². The summed E-state index contributed by atoms with van der Waals surface area (Å²) in [6.45, 7) is 7.52. The van der Waals surface area contributed by atoms with Crippen LogP contribution in [0.15, 0.2) is 66.2 Å². The predicted octanol–water partition coefficient (Wildman–Crippen LogP) is 8.19. The number of ether oxygens (including phenoxy) is 5. The molecule has 4 fully saturated rings. The molecule has 326 valence electrons. The summed E-state index contributed by atoms with van der Waals surface area (Å²) in [4.78, 5) is 41.0. The maximum Gasteiger partial charge on any atom is 0.338 e. The second-order valence-electron chi connectivity index (χ2n) is 18.6. The molecule has 9 atom stereocenters. The lowest BCUT2D eigenvalue weighted by Crippen LogP contribution is -2.66. The minimum atomic E-state index is -0.422. The predicted molar refractivity (Wildman–Crippen MR) is 240 cm³/mol. The molecule has 6 bridgehead atoms. The Morgan fingerprint density at radius 3 is 2.47 bits per heavy atom. The quantitative estimate of drug-likeness (QED) is 0.112. The number of allylic oxidation sites excluding steroid dienone is 1. The molecule has 4 aliphatic heterocycles. The van der Waals surface area contributed by atoms with Crippen molar-refractivity contribution in [2.75, 3.05) is 61.7 Å². The number of hydrogen-bond donors (Lipinski definition) is 2. The van der Waals surface area contributed by atoms with Crippen LogP contribution >= 0.6 is 0 Å². The highest BCUT2D eigenvalue weighted by Crippen LogP contribution is 2.56. The molecule has 62 heavy (non-hydrogen) atoms. The second-order valence-corrected chi connectivity index (χ2v) is 18.6. The van der Waals surface area contributed by atoms with Crippen LogP contribution in [0, 0.1) is 23.7 Å². The van der Waals surface area contributed by atoms with E-state index in [1.54, 1.807) is 39.5 Å². The van der Waals surface area contributed by atoms with Crippen molar-refractivity contribution in [2.45, 2.75) is 75.8 Å². The fourth-order valence-electron chi connectivity index (χ4n) is 13.2. The van der Waals surface area contributed by atoms with Gasteiger partial charge in [0, 0.05) is 76.4 Å². The van der Waals surface area contributed by atoms with Gasteiger partial charge in [0.1, 0.15) is 12.4 Å². The van der Waals surface area contributed by atoms with Gasteiger partial charge in [-0.25, -0.2) is 4.79 Å². The lowest BCUT2D eigenvalue weighted by Gasteiger charge is -2.59. The molecule has 0 radical (unpaired) electrons. The maximum atomic E-state index is 14.0. The lowest BCUT2D eigenvalue weighted by atomic mass is 9.56. The normalized spacial score (nSPS) is 29.6. The number of H-pyrrole nitrogens is 2. The van der Waals surface area contributed by atoms with Crippen molar-refractivity contribution in [3.8, 4) is 17.2 Å². The summed E-state index contributed by atoms with van der Waals surface area (Å²) in [5.74, 6) is 1.94. The number of para-hydroxylation sites is 1. The molecule has 5 aromatic rings. The van der Waals surface area contributed by atoms with Gasteiger partial charge in [0.25, 0.3) is 0 Å². The Balaban J connectivity index is 1.12. The summed E-state index contributed by atoms with van der Waals surface area (Å²) in [5, 5.41) is 2.35. The second kappa shape index (κ2) is 15.8. The topological polar surface area (TPSA) is 118 Å². The van der Waals surface area contributed by atoms with Crippen LogP contribution < -0.4 is 14.2 Å². The molecule has 3 aromatic carbocycles. The Bertz CT molecular complexity index is 2590. The highest BCUT2D eigenvalue weighted by molar-refractivity contribution is 5.91. The third-order valence-corrected chi connectivity index (χ3v) is 15.8. The van der Waals surface area contributed by atoms with Crippen molar-refractivity contribution >= 4 is 33.7 Å². The zero-order chi connectivity index (χ0) is 43.0. The number of fused-ring (bicyclic) bond motifs is 9. The van der Waals surface area contributed by atoms with Crippen LogP contribution in [0.4, 0.5) is 0 Å². The van der Waals surface area contributed by atoms with E-state index in [1.165, 1.54) is 47.0 Å². The number of likely N-dealkylation sites (N-methyl/N-ethyl adjacent to an activating group) is 1. The van der Waals surface area contributed by atoms with Gasteiger partial charge in [-0.1, -0.05) is 43.2 Å². The highest BCUT2D eigenvalue weighted by atomic mass is 16.5. The average molecular weight is 841 g/mol. The van der Waals surface area contributed by atoms with Gasteiger partial charge in [-0.15, -0.1) is 0 Å². The molecule has 11 nitrogen and oxygen atoms in total. The van der Waals surface area contributed by atoms with E-state index in [-0.39, 0.29) is 48.4 Å². The molecule has 6 aliphatic rings.